The van der Waals surface area contributed by atoms with E-state index in [0.29, 0.717) is 5.41 Å². The van der Waals surface area contributed by atoms with Gasteiger partial charge in [0.05, 0.1) is 0 Å². The van der Waals surface area contributed by atoms with Crippen molar-refractivity contribution in [2.45, 2.75) is 46.5 Å². The number of anilines is 1. The minimum atomic E-state index is 0.359. The van der Waals surface area contributed by atoms with E-state index >= 15 is 0 Å². The molecule has 1 heterocycles. The standard InChI is InChI=1S/C15H23BrN2/c1-11-8-13(16)9-17-14(11)18-10-15(2,3)12-6-4-5-7-12/h8-9,12H,4-7,10H2,1-3H3,(H,17,18). The lowest BCUT2D eigenvalue weighted by atomic mass is 9.78. The van der Waals surface area contributed by atoms with Crippen molar-refractivity contribution in [2.75, 3.05) is 11.9 Å². The van der Waals surface area contributed by atoms with Crippen LogP contribution >= 0.6 is 15.9 Å². The third-order valence-corrected chi connectivity index (χ3v) is 4.65. The van der Waals surface area contributed by atoms with Crippen LogP contribution in [-0.4, -0.2) is 11.5 Å². The molecular formula is C15H23BrN2. The first-order chi connectivity index (χ1) is 8.49. The molecule has 2 nitrogen and oxygen atoms in total. The number of aromatic nitrogens is 1. The van der Waals surface area contributed by atoms with Gasteiger partial charge in [0.25, 0.3) is 0 Å². The minimum Gasteiger partial charge on any atom is -0.369 e. The Hall–Kier alpha value is -0.570. The highest BCUT2D eigenvalue weighted by Crippen LogP contribution is 2.39. The van der Waals surface area contributed by atoms with Crippen molar-refractivity contribution < 1.29 is 0 Å². The van der Waals surface area contributed by atoms with Gasteiger partial charge in [-0.3, -0.25) is 0 Å². The predicted molar refractivity (Wildman–Crippen MR) is 80.9 cm³/mol. The fourth-order valence-corrected chi connectivity index (χ4v) is 3.33. The molecule has 1 saturated carbocycles. The van der Waals surface area contributed by atoms with Crippen LogP contribution < -0.4 is 5.32 Å². The van der Waals surface area contributed by atoms with Crippen molar-refractivity contribution in [1.29, 1.82) is 0 Å². The Balaban J connectivity index is 1.97. The first-order valence-corrected chi connectivity index (χ1v) is 7.64. The lowest BCUT2D eigenvalue weighted by Gasteiger charge is -2.32. The molecule has 0 radical (unpaired) electrons. The molecule has 2 rings (SSSR count). The molecule has 0 unspecified atom stereocenters. The summed E-state index contributed by atoms with van der Waals surface area (Å²) in [5, 5.41) is 3.53. The van der Waals surface area contributed by atoms with Crippen LogP contribution in [0.4, 0.5) is 5.82 Å². The maximum Gasteiger partial charge on any atom is 0.128 e. The molecule has 0 bridgehead atoms. The Kier molecular flexibility index (Phi) is 4.31. The van der Waals surface area contributed by atoms with E-state index < -0.39 is 0 Å². The third-order valence-electron chi connectivity index (χ3n) is 4.22. The zero-order valence-corrected chi connectivity index (χ0v) is 13.2. The van der Waals surface area contributed by atoms with Crippen molar-refractivity contribution in [3.8, 4) is 0 Å². The SMILES string of the molecule is Cc1cc(Br)cnc1NCC(C)(C)C1CCCC1. The highest BCUT2D eigenvalue weighted by atomic mass is 79.9. The number of hydrogen-bond acceptors (Lipinski definition) is 2. The second-order valence-electron chi connectivity index (χ2n) is 6.14. The first-order valence-electron chi connectivity index (χ1n) is 6.85. The molecule has 1 aliphatic carbocycles. The van der Waals surface area contributed by atoms with Crippen LogP contribution in [0.5, 0.6) is 0 Å². The van der Waals surface area contributed by atoms with Gasteiger partial charge in [-0.05, 0) is 58.7 Å². The van der Waals surface area contributed by atoms with Gasteiger partial charge >= 0.3 is 0 Å². The Bertz CT molecular complexity index is 409. The van der Waals surface area contributed by atoms with Crippen molar-refractivity contribution in [1.82, 2.24) is 4.98 Å². The van der Waals surface area contributed by atoms with E-state index in [0.717, 1.165) is 22.8 Å². The summed E-state index contributed by atoms with van der Waals surface area (Å²) in [6.45, 7) is 7.87. The Morgan fingerprint density at radius 2 is 2.06 bits per heavy atom. The minimum absolute atomic E-state index is 0.359. The summed E-state index contributed by atoms with van der Waals surface area (Å²) < 4.78 is 1.04. The zero-order valence-electron chi connectivity index (χ0n) is 11.6. The highest BCUT2D eigenvalue weighted by Gasteiger charge is 2.31. The first kappa shape index (κ1) is 13.9. The van der Waals surface area contributed by atoms with Gasteiger partial charge in [-0.2, -0.15) is 0 Å². The van der Waals surface area contributed by atoms with Crippen molar-refractivity contribution in [3.05, 3.63) is 22.3 Å². The molecule has 100 valence electrons. The number of hydrogen-bond donors (Lipinski definition) is 1. The van der Waals surface area contributed by atoms with Gasteiger partial charge in [0.2, 0.25) is 0 Å². The largest absolute Gasteiger partial charge is 0.369 e. The number of halogens is 1. The van der Waals surface area contributed by atoms with Gasteiger partial charge in [0.1, 0.15) is 5.82 Å². The van der Waals surface area contributed by atoms with E-state index in [4.69, 9.17) is 0 Å². The van der Waals surface area contributed by atoms with E-state index in [9.17, 15) is 0 Å². The highest BCUT2D eigenvalue weighted by molar-refractivity contribution is 9.10. The summed E-state index contributed by atoms with van der Waals surface area (Å²) in [5.41, 5.74) is 1.56. The average molecular weight is 311 g/mol. The van der Waals surface area contributed by atoms with Crippen LogP contribution in [0.2, 0.25) is 0 Å². The quantitative estimate of drug-likeness (QED) is 0.865. The molecule has 18 heavy (non-hydrogen) atoms. The number of nitrogens with zero attached hydrogens (tertiary/aromatic N) is 1. The Labute approximate surface area is 119 Å². The van der Waals surface area contributed by atoms with Crippen LogP contribution in [0.25, 0.3) is 0 Å². The molecule has 3 heteroatoms. The summed E-state index contributed by atoms with van der Waals surface area (Å²) in [5.74, 6) is 1.88. The summed E-state index contributed by atoms with van der Waals surface area (Å²) in [6, 6.07) is 2.11. The summed E-state index contributed by atoms with van der Waals surface area (Å²) in [6.07, 6.45) is 7.45. The lowest BCUT2D eigenvalue weighted by Crippen LogP contribution is -2.30. The second-order valence-corrected chi connectivity index (χ2v) is 7.06. The molecule has 1 aromatic heterocycles. The maximum atomic E-state index is 4.45. The molecule has 1 aliphatic rings. The summed E-state index contributed by atoms with van der Waals surface area (Å²) in [4.78, 5) is 4.45. The monoisotopic (exact) mass is 310 g/mol. The molecule has 1 fully saturated rings. The van der Waals surface area contributed by atoms with Gasteiger partial charge in [0.15, 0.2) is 0 Å². The zero-order chi connectivity index (χ0) is 13.2. The van der Waals surface area contributed by atoms with Gasteiger partial charge in [-0.15, -0.1) is 0 Å². The third kappa shape index (κ3) is 3.25. The normalized spacial score (nSPS) is 17.1. The van der Waals surface area contributed by atoms with E-state index in [1.165, 1.54) is 31.2 Å². The number of rotatable bonds is 4. The van der Waals surface area contributed by atoms with Crippen LogP contribution in [-0.2, 0) is 0 Å². The van der Waals surface area contributed by atoms with Crippen molar-refractivity contribution in [2.24, 2.45) is 11.3 Å². The van der Waals surface area contributed by atoms with E-state index in [2.05, 4.69) is 53.1 Å². The Morgan fingerprint density at radius 3 is 2.67 bits per heavy atom. The summed E-state index contributed by atoms with van der Waals surface area (Å²) >= 11 is 3.45. The average Bonchev–Trinajstić information content (AvgIpc) is 2.82. The fraction of sp³-hybridized carbons (Fsp3) is 0.667. The number of pyridine rings is 1. The lowest BCUT2D eigenvalue weighted by molar-refractivity contribution is 0.234. The fourth-order valence-electron chi connectivity index (χ4n) is 2.89. The second kappa shape index (κ2) is 5.60. The molecule has 1 aromatic rings. The Morgan fingerprint density at radius 1 is 1.39 bits per heavy atom. The number of nitrogens with one attached hydrogen (secondary N) is 1. The molecule has 0 aliphatic heterocycles. The van der Waals surface area contributed by atoms with Gasteiger partial charge in [-0.1, -0.05) is 26.7 Å². The smallest absolute Gasteiger partial charge is 0.128 e. The van der Waals surface area contributed by atoms with Gasteiger partial charge in [0, 0.05) is 17.2 Å². The van der Waals surface area contributed by atoms with Crippen molar-refractivity contribution >= 4 is 21.7 Å². The van der Waals surface area contributed by atoms with Crippen LogP contribution in [0.3, 0.4) is 0 Å². The number of aryl methyl sites for hydroxylation is 1. The maximum absolute atomic E-state index is 4.45. The van der Waals surface area contributed by atoms with Crippen LogP contribution in [0.15, 0.2) is 16.7 Å². The molecule has 0 saturated heterocycles. The predicted octanol–water partition coefficient (Wildman–Crippen LogP) is 4.78. The molecule has 0 aromatic carbocycles. The molecule has 0 amide bonds. The van der Waals surface area contributed by atoms with Crippen molar-refractivity contribution in [3.63, 3.8) is 0 Å². The van der Waals surface area contributed by atoms with Crippen LogP contribution in [0, 0.1) is 18.3 Å². The molecule has 1 N–H and O–H groups in total. The molecular weight excluding hydrogens is 288 g/mol. The molecule has 0 atom stereocenters. The van der Waals surface area contributed by atoms with E-state index in [-0.39, 0.29) is 0 Å². The van der Waals surface area contributed by atoms with E-state index in [1.807, 2.05) is 6.20 Å². The van der Waals surface area contributed by atoms with Crippen LogP contribution in [0.1, 0.15) is 45.1 Å². The molecule has 0 spiro atoms. The summed E-state index contributed by atoms with van der Waals surface area (Å²) in [7, 11) is 0. The van der Waals surface area contributed by atoms with Gasteiger partial charge < -0.3 is 5.32 Å². The van der Waals surface area contributed by atoms with Gasteiger partial charge in [-0.25, -0.2) is 4.98 Å². The topological polar surface area (TPSA) is 24.9 Å². The van der Waals surface area contributed by atoms with E-state index in [1.54, 1.807) is 0 Å².